The minimum absolute atomic E-state index is 0.0970. The highest BCUT2D eigenvalue weighted by atomic mass is 16.2. The van der Waals surface area contributed by atoms with Gasteiger partial charge in [-0.25, -0.2) is 9.97 Å². The van der Waals surface area contributed by atoms with Gasteiger partial charge in [-0.2, -0.15) is 5.26 Å². The molecule has 1 unspecified atom stereocenters. The third kappa shape index (κ3) is 2.91. The Balaban J connectivity index is 1.67. The Morgan fingerprint density at radius 3 is 3.09 bits per heavy atom. The molecule has 0 aromatic carbocycles. The number of imidazole rings is 1. The average Bonchev–Trinajstić information content (AvgIpc) is 3.16. The molecular weight excluding hydrogens is 280 g/mol. The largest absolute Gasteiger partial charge is 0.310 e. The summed E-state index contributed by atoms with van der Waals surface area (Å²) in [6.45, 7) is 3.10. The maximum Gasteiger partial charge on any atom is 0.230 e. The summed E-state index contributed by atoms with van der Waals surface area (Å²) in [5, 5.41) is 11.6. The van der Waals surface area contributed by atoms with Crippen LogP contribution in [0.4, 0.5) is 5.82 Å². The first-order valence-electron chi connectivity index (χ1n) is 7.08. The molecule has 1 aliphatic heterocycles. The standard InChI is InChI=1S/C15H16N6O/c1-11-2-4-17-14(6-11)21-8-13(18-10-21)19-15(22)12-3-5-20(7-12)9-16/h2,4,6,8,10,12H,3,5,7H2,1H3,(H,19,22). The maximum atomic E-state index is 12.2. The van der Waals surface area contributed by atoms with E-state index in [9.17, 15) is 4.79 Å². The van der Waals surface area contributed by atoms with Crippen molar-refractivity contribution in [1.29, 1.82) is 5.26 Å². The topological polar surface area (TPSA) is 86.8 Å². The van der Waals surface area contributed by atoms with Gasteiger partial charge in [-0.3, -0.25) is 9.36 Å². The van der Waals surface area contributed by atoms with Crippen LogP contribution in [0.15, 0.2) is 30.9 Å². The summed E-state index contributed by atoms with van der Waals surface area (Å²) in [6.07, 6.45) is 7.85. The SMILES string of the molecule is Cc1ccnc(-n2cnc(NC(=O)C3CCN(C#N)C3)c2)c1. The van der Waals surface area contributed by atoms with Gasteiger partial charge in [0.15, 0.2) is 12.0 Å². The van der Waals surface area contributed by atoms with Gasteiger partial charge in [0.05, 0.1) is 12.1 Å². The number of carbonyl (C=O) groups is 1. The second-order valence-corrected chi connectivity index (χ2v) is 5.38. The van der Waals surface area contributed by atoms with Crippen LogP contribution in [0.2, 0.25) is 0 Å². The molecule has 1 N–H and O–H groups in total. The number of hydrogen-bond donors (Lipinski definition) is 1. The van der Waals surface area contributed by atoms with Gasteiger partial charge < -0.3 is 10.2 Å². The van der Waals surface area contributed by atoms with E-state index in [4.69, 9.17) is 5.26 Å². The van der Waals surface area contributed by atoms with Gasteiger partial charge in [0.1, 0.15) is 12.1 Å². The summed E-state index contributed by atoms with van der Waals surface area (Å²) in [7, 11) is 0. The fraction of sp³-hybridized carbons (Fsp3) is 0.333. The Hall–Kier alpha value is -2.88. The number of hydrogen-bond acceptors (Lipinski definition) is 5. The fourth-order valence-electron chi connectivity index (χ4n) is 2.47. The maximum absolute atomic E-state index is 12.2. The van der Waals surface area contributed by atoms with E-state index in [1.165, 1.54) is 0 Å². The Kier molecular flexibility index (Phi) is 3.74. The molecule has 0 bridgehead atoms. The van der Waals surface area contributed by atoms with Crippen molar-refractivity contribution >= 4 is 11.7 Å². The van der Waals surface area contributed by atoms with Crippen molar-refractivity contribution in [1.82, 2.24) is 19.4 Å². The van der Waals surface area contributed by atoms with Gasteiger partial charge >= 0.3 is 0 Å². The van der Waals surface area contributed by atoms with Gasteiger partial charge in [0.25, 0.3) is 0 Å². The normalized spacial score (nSPS) is 17.3. The molecule has 2 aromatic rings. The summed E-state index contributed by atoms with van der Waals surface area (Å²) in [5.74, 6) is 0.982. The molecule has 1 saturated heterocycles. The number of aryl methyl sites for hydroxylation is 1. The molecule has 0 aliphatic carbocycles. The van der Waals surface area contributed by atoms with E-state index >= 15 is 0 Å². The molecule has 7 nitrogen and oxygen atoms in total. The summed E-state index contributed by atoms with van der Waals surface area (Å²) >= 11 is 0. The molecule has 1 fully saturated rings. The van der Waals surface area contributed by atoms with E-state index in [0.29, 0.717) is 25.3 Å². The first-order chi connectivity index (χ1) is 10.7. The highest BCUT2D eigenvalue weighted by molar-refractivity contribution is 5.92. The number of amides is 1. The molecule has 2 aromatic heterocycles. The number of nitrogens with zero attached hydrogens (tertiary/aromatic N) is 5. The van der Waals surface area contributed by atoms with E-state index < -0.39 is 0 Å². The van der Waals surface area contributed by atoms with Crippen molar-refractivity contribution in [2.75, 3.05) is 18.4 Å². The Labute approximate surface area is 128 Å². The average molecular weight is 296 g/mol. The number of rotatable bonds is 3. The van der Waals surface area contributed by atoms with Crippen LogP contribution in [0.3, 0.4) is 0 Å². The van der Waals surface area contributed by atoms with Crippen LogP contribution in [-0.2, 0) is 4.79 Å². The number of nitrogens with one attached hydrogen (secondary N) is 1. The molecule has 0 saturated carbocycles. The van der Waals surface area contributed by atoms with Crippen molar-refractivity contribution in [2.45, 2.75) is 13.3 Å². The van der Waals surface area contributed by atoms with E-state index in [2.05, 4.69) is 21.5 Å². The quantitative estimate of drug-likeness (QED) is 0.863. The molecule has 0 radical (unpaired) electrons. The van der Waals surface area contributed by atoms with Gasteiger partial charge in [-0.05, 0) is 31.0 Å². The number of nitriles is 1. The lowest BCUT2D eigenvalue weighted by Crippen LogP contribution is -2.25. The van der Waals surface area contributed by atoms with Crippen molar-refractivity contribution in [2.24, 2.45) is 5.92 Å². The van der Waals surface area contributed by atoms with Crippen molar-refractivity contribution in [3.8, 4) is 12.0 Å². The Morgan fingerprint density at radius 2 is 2.36 bits per heavy atom. The summed E-state index contributed by atoms with van der Waals surface area (Å²) in [6, 6.07) is 3.86. The highest BCUT2D eigenvalue weighted by Gasteiger charge is 2.28. The van der Waals surface area contributed by atoms with Crippen LogP contribution >= 0.6 is 0 Å². The van der Waals surface area contributed by atoms with Gasteiger partial charge in [-0.15, -0.1) is 0 Å². The van der Waals surface area contributed by atoms with Crippen LogP contribution in [0.5, 0.6) is 0 Å². The zero-order chi connectivity index (χ0) is 15.5. The number of anilines is 1. The second-order valence-electron chi connectivity index (χ2n) is 5.38. The van der Waals surface area contributed by atoms with Gasteiger partial charge in [-0.1, -0.05) is 0 Å². The highest BCUT2D eigenvalue weighted by Crippen LogP contribution is 2.18. The van der Waals surface area contributed by atoms with Crippen molar-refractivity contribution in [3.63, 3.8) is 0 Å². The van der Waals surface area contributed by atoms with E-state index in [-0.39, 0.29) is 11.8 Å². The first-order valence-corrected chi connectivity index (χ1v) is 7.08. The summed E-state index contributed by atoms with van der Waals surface area (Å²) in [4.78, 5) is 22.2. The number of aromatic nitrogens is 3. The van der Waals surface area contributed by atoms with Crippen LogP contribution < -0.4 is 5.32 Å². The van der Waals surface area contributed by atoms with Crippen LogP contribution in [0.1, 0.15) is 12.0 Å². The Morgan fingerprint density at radius 1 is 1.50 bits per heavy atom. The van der Waals surface area contributed by atoms with Crippen LogP contribution in [0.25, 0.3) is 5.82 Å². The zero-order valence-corrected chi connectivity index (χ0v) is 12.2. The monoisotopic (exact) mass is 296 g/mol. The third-order valence-electron chi connectivity index (χ3n) is 3.70. The Bertz CT molecular complexity index is 732. The molecule has 3 rings (SSSR count). The first kappa shape index (κ1) is 14.1. The molecular formula is C15H16N6O. The summed E-state index contributed by atoms with van der Waals surface area (Å²) < 4.78 is 1.76. The summed E-state index contributed by atoms with van der Waals surface area (Å²) in [5.41, 5.74) is 1.10. The molecule has 1 atom stereocenters. The van der Waals surface area contributed by atoms with Crippen LogP contribution in [0, 0.1) is 24.3 Å². The smallest absolute Gasteiger partial charge is 0.230 e. The molecule has 112 valence electrons. The lowest BCUT2D eigenvalue weighted by Gasteiger charge is -2.08. The van der Waals surface area contributed by atoms with E-state index in [1.54, 1.807) is 28.2 Å². The number of pyridine rings is 1. The van der Waals surface area contributed by atoms with Crippen molar-refractivity contribution in [3.05, 3.63) is 36.4 Å². The fourth-order valence-corrected chi connectivity index (χ4v) is 2.47. The minimum Gasteiger partial charge on any atom is -0.310 e. The molecule has 22 heavy (non-hydrogen) atoms. The predicted octanol–water partition coefficient (Wildman–Crippen LogP) is 1.32. The van der Waals surface area contributed by atoms with Crippen LogP contribution in [-0.4, -0.2) is 38.4 Å². The van der Waals surface area contributed by atoms with Gasteiger partial charge in [0.2, 0.25) is 5.91 Å². The third-order valence-corrected chi connectivity index (χ3v) is 3.70. The number of carbonyl (C=O) groups excluding carboxylic acids is 1. The van der Waals surface area contributed by atoms with Crippen molar-refractivity contribution < 1.29 is 4.79 Å². The molecule has 3 heterocycles. The molecule has 7 heteroatoms. The molecule has 1 amide bonds. The van der Waals surface area contributed by atoms with E-state index in [0.717, 1.165) is 11.4 Å². The lowest BCUT2D eigenvalue weighted by molar-refractivity contribution is -0.119. The van der Waals surface area contributed by atoms with Gasteiger partial charge in [0, 0.05) is 19.3 Å². The minimum atomic E-state index is -0.165. The molecule has 0 spiro atoms. The molecule has 1 aliphatic rings. The number of likely N-dealkylation sites (tertiary alicyclic amines) is 1. The van der Waals surface area contributed by atoms with E-state index in [1.807, 2.05) is 19.1 Å². The predicted molar refractivity (Wildman–Crippen MR) is 80.0 cm³/mol. The second kappa shape index (κ2) is 5.85. The zero-order valence-electron chi connectivity index (χ0n) is 12.2. The lowest BCUT2D eigenvalue weighted by atomic mass is 10.1.